The molecule has 0 bridgehead atoms. The second-order valence-corrected chi connectivity index (χ2v) is 5.62. The Bertz CT molecular complexity index is 365. The minimum Gasteiger partial charge on any atom is -0.383 e. The number of nitrogens with two attached hydrogens (primary N) is 1. The van der Waals surface area contributed by atoms with Crippen LogP contribution < -0.4 is 11.1 Å². The SMILES string of the molecule is Nc1cc(NC2CCN3CCCC3C2)sn1. The number of hydrogen-bond donors (Lipinski definition) is 2. The van der Waals surface area contributed by atoms with E-state index in [4.69, 9.17) is 5.73 Å². The number of fused-ring (bicyclic) bond motifs is 1. The third kappa shape index (κ3) is 2.01. The van der Waals surface area contributed by atoms with Gasteiger partial charge in [0.25, 0.3) is 0 Å². The minimum absolute atomic E-state index is 0.610. The Balaban J connectivity index is 1.60. The third-order valence-corrected chi connectivity index (χ3v) is 4.43. The Labute approximate surface area is 100.0 Å². The Morgan fingerprint density at radius 3 is 3.19 bits per heavy atom. The van der Waals surface area contributed by atoms with E-state index in [1.165, 1.54) is 50.3 Å². The number of nitrogens with one attached hydrogen (secondary N) is 1. The van der Waals surface area contributed by atoms with E-state index in [1.807, 2.05) is 6.07 Å². The van der Waals surface area contributed by atoms with Gasteiger partial charge in [0.1, 0.15) is 10.8 Å². The van der Waals surface area contributed by atoms with Crippen LogP contribution in [-0.4, -0.2) is 34.4 Å². The first-order chi connectivity index (χ1) is 7.81. The maximum atomic E-state index is 5.62. The van der Waals surface area contributed by atoms with E-state index in [0.29, 0.717) is 11.9 Å². The van der Waals surface area contributed by atoms with Crippen molar-refractivity contribution in [3.8, 4) is 0 Å². The van der Waals surface area contributed by atoms with Gasteiger partial charge in [0.15, 0.2) is 0 Å². The van der Waals surface area contributed by atoms with Crippen molar-refractivity contribution in [2.24, 2.45) is 0 Å². The summed E-state index contributed by atoms with van der Waals surface area (Å²) in [7, 11) is 0. The van der Waals surface area contributed by atoms with Crippen LogP contribution in [0.15, 0.2) is 6.07 Å². The summed E-state index contributed by atoms with van der Waals surface area (Å²) in [5.41, 5.74) is 5.62. The number of piperidine rings is 1. The maximum Gasteiger partial charge on any atom is 0.139 e. The molecule has 1 aromatic heterocycles. The summed E-state index contributed by atoms with van der Waals surface area (Å²) >= 11 is 1.47. The molecular weight excluding hydrogens is 220 g/mol. The Kier molecular flexibility index (Phi) is 2.73. The van der Waals surface area contributed by atoms with Crippen LogP contribution in [0.4, 0.5) is 10.8 Å². The molecular formula is C11H18N4S. The zero-order chi connectivity index (χ0) is 11.0. The normalized spacial score (nSPS) is 30.2. The molecule has 3 heterocycles. The molecule has 0 spiro atoms. The monoisotopic (exact) mass is 238 g/mol. The van der Waals surface area contributed by atoms with E-state index in [0.717, 1.165) is 11.0 Å². The second-order valence-electron chi connectivity index (χ2n) is 4.81. The van der Waals surface area contributed by atoms with Gasteiger partial charge >= 0.3 is 0 Å². The van der Waals surface area contributed by atoms with Gasteiger partial charge in [0.2, 0.25) is 0 Å². The summed E-state index contributed by atoms with van der Waals surface area (Å²) in [5, 5.41) is 4.68. The predicted molar refractivity (Wildman–Crippen MR) is 67.8 cm³/mol. The van der Waals surface area contributed by atoms with Crippen molar-refractivity contribution in [2.45, 2.75) is 37.8 Å². The zero-order valence-electron chi connectivity index (χ0n) is 9.35. The molecule has 0 aromatic carbocycles. The average Bonchev–Trinajstić information content (AvgIpc) is 2.87. The molecule has 0 radical (unpaired) electrons. The van der Waals surface area contributed by atoms with Crippen LogP contribution in [0.25, 0.3) is 0 Å². The number of rotatable bonds is 2. The maximum absolute atomic E-state index is 5.62. The number of aromatic nitrogens is 1. The molecule has 0 amide bonds. The number of hydrogen-bond acceptors (Lipinski definition) is 5. The lowest BCUT2D eigenvalue weighted by Crippen LogP contribution is -2.42. The second kappa shape index (κ2) is 4.22. The molecule has 3 N–H and O–H groups in total. The third-order valence-electron chi connectivity index (χ3n) is 3.70. The molecule has 2 aliphatic heterocycles. The topological polar surface area (TPSA) is 54.2 Å². The van der Waals surface area contributed by atoms with E-state index >= 15 is 0 Å². The molecule has 3 rings (SSSR count). The first-order valence-electron chi connectivity index (χ1n) is 6.04. The standard InChI is InChI=1S/C11H18N4S/c12-10-7-11(16-14-10)13-8-3-5-15-4-1-2-9(15)6-8/h7-9,13H,1-6H2,(H2,12,14). The quantitative estimate of drug-likeness (QED) is 0.824. The number of nitrogen functional groups attached to an aromatic ring is 1. The Morgan fingerprint density at radius 1 is 1.44 bits per heavy atom. The van der Waals surface area contributed by atoms with Crippen LogP contribution >= 0.6 is 11.5 Å². The van der Waals surface area contributed by atoms with Gasteiger partial charge in [0, 0.05) is 24.7 Å². The molecule has 88 valence electrons. The van der Waals surface area contributed by atoms with Gasteiger partial charge in [-0.2, -0.15) is 4.37 Å². The lowest BCUT2D eigenvalue weighted by Gasteiger charge is -2.35. The van der Waals surface area contributed by atoms with Gasteiger partial charge in [-0.05, 0) is 43.8 Å². The zero-order valence-corrected chi connectivity index (χ0v) is 10.2. The minimum atomic E-state index is 0.610. The van der Waals surface area contributed by atoms with Crippen molar-refractivity contribution in [1.29, 1.82) is 0 Å². The molecule has 2 unspecified atom stereocenters. The van der Waals surface area contributed by atoms with Crippen molar-refractivity contribution in [2.75, 3.05) is 24.1 Å². The van der Waals surface area contributed by atoms with Crippen molar-refractivity contribution in [3.63, 3.8) is 0 Å². The lowest BCUT2D eigenvalue weighted by molar-refractivity contribution is 0.188. The summed E-state index contributed by atoms with van der Waals surface area (Å²) in [4.78, 5) is 2.64. The van der Waals surface area contributed by atoms with E-state index in [1.54, 1.807) is 0 Å². The molecule has 0 saturated carbocycles. The molecule has 2 atom stereocenters. The Hall–Kier alpha value is -0.810. The highest BCUT2D eigenvalue weighted by atomic mass is 32.1. The van der Waals surface area contributed by atoms with Gasteiger partial charge in [-0.3, -0.25) is 0 Å². The fourth-order valence-corrected chi connectivity index (χ4v) is 3.56. The van der Waals surface area contributed by atoms with Crippen LogP contribution in [-0.2, 0) is 0 Å². The summed E-state index contributed by atoms with van der Waals surface area (Å²) in [6.07, 6.45) is 5.28. The van der Waals surface area contributed by atoms with Gasteiger partial charge < -0.3 is 16.0 Å². The summed E-state index contributed by atoms with van der Waals surface area (Å²) in [5.74, 6) is 0.630. The van der Waals surface area contributed by atoms with Gasteiger partial charge in [0.05, 0.1) is 0 Å². The van der Waals surface area contributed by atoms with E-state index < -0.39 is 0 Å². The molecule has 5 heteroatoms. The Morgan fingerprint density at radius 2 is 2.38 bits per heavy atom. The van der Waals surface area contributed by atoms with Gasteiger partial charge in [-0.1, -0.05) is 0 Å². The predicted octanol–water partition coefficient (Wildman–Crippen LogP) is 1.76. The van der Waals surface area contributed by atoms with E-state index in [9.17, 15) is 0 Å². The van der Waals surface area contributed by atoms with Crippen LogP contribution in [0.5, 0.6) is 0 Å². The highest BCUT2D eigenvalue weighted by molar-refractivity contribution is 7.10. The number of nitrogens with zero attached hydrogens (tertiary/aromatic N) is 2. The molecule has 2 aliphatic rings. The molecule has 2 saturated heterocycles. The first-order valence-corrected chi connectivity index (χ1v) is 6.81. The molecule has 0 aliphatic carbocycles. The highest BCUT2D eigenvalue weighted by Gasteiger charge is 2.31. The largest absolute Gasteiger partial charge is 0.383 e. The van der Waals surface area contributed by atoms with Crippen LogP contribution in [0.1, 0.15) is 25.7 Å². The summed E-state index contributed by atoms with van der Waals surface area (Å²) in [6, 6.07) is 3.36. The van der Waals surface area contributed by atoms with Crippen LogP contribution in [0.2, 0.25) is 0 Å². The molecule has 1 aromatic rings. The van der Waals surface area contributed by atoms with Gasteiger partial charge in [-0.15, -0.1) is 0 Å². The van der Waals surface area contributed by atoms with Crippen LogP contribution in [0.3, 0.4) is 0 Å². The van der Waals surface area contributed by atoms with E-state index in [-0.39, 0.29) is 0 Å². The lowest BCUT2D eigenvalue weighted by atomic mass is 9.98. The fourth-order valence-electron chi connectivity index (χ4n) is 2.91. The highest BCUT2D eigenvalue weighted by Crippen LogP contribution is 2.29. The molecule has 16 heavy (non-hydrogen) atoms. The number of anilines is 2. The molecule has 4 nitrogen and oxygen atoms in total. The van der Waals surface area contributed by atoms with Crippen molar-refractivity contribution in [1.82, 2.24) is 9.27 Å². The van der Waals surface area contributed by atoms with Crippen molar-refractivity contribution < 1.29 is 0 Å². The molecule has 2 fully saturated rings. The average molecular weight is 238 g/mol. The fraction of sp³-hybridized carbons (Fsp3) is 0.727. The summed E-state index contributed by atoms with van der Waals surface area (Å²) < 4.78 is 4.10. The first kappa shape index (κ1) is 10.4. The van der Waals surface area contributed by atoms with Crippen LogP contribution in [0, 0.1) is 0 Å². The van der Waals surface area contributed by atoms with Crippen molar-refractivity contribution >= 4 is 22.4 Å². The van der Waals surface area contributed by atoms with E-state index in [2.05, 4.69) is 14.6 Å². The van der Waals surface area contributed by atoms with Gasteiger partial charge in [-0.25, -0.2) is 0 Å². The summed E-state index contributed by atoms with van der Waals surface area (Å²) in [6.45, 7) is 2.56. The smallest absolute Gasteiger partial charge is 0.139 e. The van der Waals surface area contributed by atoms with Crippen molar-refractivity contribution in [3.05, 3.63) is 6.07 Å².